The van der Waals surface area contributed by atoms with Crippen LogP contribution in [0.1, 0.15) is 32.6 Å². The number of ether oxygens (including phenoxy) is 1. The van der Waals surface area contributed by atoms with Gasteiger partial charge < -0.3 is 10.1 Å². The fraction of sp³-hybridized carbons (Fsp3) is 0.421. The van der Waals surface area contributed by atoms with Crippen LogP contribution >= 0.6 is 0 Å². The number of hydrogen-bond acceptors (Lipinski definition) is 4. The second kappa shape index (κ2) is 7.96. The van der Waals surface area contributed by atoms with E-state index in [0.717, 1.165) is 37.0 Å². The van der Waals surface area contributed by atoms with Gasteiger partial charge in [-0.2, -0.15) is 5.10 Å². The second-order valence-corrected chi connectivity index (χ2v) is 6.22. The summed E-state index contributed by atoms with van der Waals surface area (Å²) in [6, 6.07) is 10.9. The standard InChI is InChI=1S/C19H23N3O3/c1-2-25-16-9-7-14(8-10-16)17-11-12-19(24)22(21-17)13-18(23)20-15-5-3-4-6-15/h7-12,15H,2-6,13H2,1H3,(H,20,23). The van der Waals surface area contributed by atoms with Crippen LogP contribution in [0.15, 0.2) is 41.2 Å². The van der Waals surface area contributed by atoms with Gasteiger partial charge in [-0.25, -0.2) is 4.68 Å². The Morgan fingerprint density at radius 1 is 1.20 bits per heavy atom. The molecule has 1 aliphatic rings. The smallest absolute Gasteiger partial charge is 0.267 e. The van der Waals surface area contributed by atoms with Gasteiger partial charge in [-0.1, -0.05) is 12.8 Å². The van der Waals surface area contributed by atoms with E-state index in [2.05, 4.69) is 10.4 Å². The van der Waals surface area contributed by atoms with E-state index in [9.17, 15) is 9.59 Å². The van der Waals surface area contributed by atoms with Crippen LogP contribution in [0, 0.1) is 0 Å². The van der Waals surface area contributed by atoms with Crippen LogP contribution in [0.5, 0.6) is 5.75 Å². The summed E-state index contributed by atoms with van der Waals surface area (Å²) < 4.78 is 6.65. The molecule has 1 aromatic heterocycles. The van der Waals surface area contributed by atoms with Crippen LogP contribution in [0.3, 0.4) is 0 Å². The van der Waals surface area contributed by atoms with E-state index in [-0.39, 0.29) is 24.1 Å². The average Bonchev–Trinajstić information content (AvgIpc) is 3.11. The number of carbonyl (C=O) groups is 1. The first-order valence-corrected chi connectivity index (χ1v) is 8.76. The number of amides is 1. The summed E-state index contributed by atoms with van der Waals surface area (Å²) in [6.07, 6.45) is 4.33. The molecular weight excluding hydrogens is 318 g/mol. The minimum Gasteiger partial charge on any atom is -0.494 e. The van der Waals surface area contributed by atoms with Crippen molar-refractivity contribution in [2.75, 3.05) is 6.61 Å². The van der Waals surface area contributed by atoms with Gasteiger partial charge in [-0.3, -0.25) is 9.59 Å². The Labute approximate surface area is 146 Å². The van der Waals surface area contributed by atoms with Gasteiger partial charge >= 0.3 is 0 Å². The molecule has 1 fully saturated rings. The first kappa shape index (κ1) is 17.2. The fourth-order valence-corrected chi connectivity index (χ4v) is 3.08. The Kier molecular flexibility index (Phi) is 5.48. The molecule has 2 aromatic rings. The zero-order valence-corrected chi connectivity index (χ0v) is 14.4. The lowest BCUT2D eigenvalue weighted by Crippen LogP contribution is -2.38. The van der Waals surface area contributed by atoms with Gasteiger partial charge in [0.05, 0.1) is 12.3 Å². The predicted octanol–water partition coefficient (Wildman–Crippen LogP) is 2.37. The number of rotatable bonds is 6. The summed E-state index contributed by atoms with van der Waals surface area (Å²) in [7, 11) is 0. The molecule has 0 atom stereocenters. The van der Waals surface area contributed by atoms with Crippen LogP contribution in [-0.4, -0.2) is 28.3 Å². The molecule has 0 spiro atoms. The van der Waals surface area contributed by atoms with Crippen LogP contribution < -0.4 is 15.6 Å². The first-order valence-electron chi connectivity index (χ1n) is 8.76. The summed E-state index contributed by atoms with van der Waals surface area (Å²) >= 11 is 0. The van der Waals surface area contributed by atoms with Crippen molar-refractivity contribution in [3.8, 4) is 17.0 Å². The quantitative estimate of drug-likeness (QED) is 0.875. The molecule has 1 amide bonds. The largest absolute Gasteiger partial charge is 0.494 e. The highest BCUT2D eigenvalue weighted by atomic mass is 16.5. The Balaban J connectivity index is 1.73. The van der Waals surface area contributed by atoms with Crippen LogP contribution in [0.4, 0.5) is 0 Å². The highest BCUT2D eigenvalue weighted by Crippen LogP contribution is 2.20. The molecule has 0 aliphatic heterocycles. The molecule has 6 heteroatoms. The van der Waals surface area contributed by atoms with Gasteiger partial charge in [0.2, 0.25) is 5.91 Å². The van der Waals surface area contributed by atoms with Crippen molar-refractivity contribution < 1.29 is 9.53 Å². The minimum absolute atomic E-state index is 0.0554. The molecule has 3 rings (SSSR count). The number of nitrogens with zero attached hydrogens (tertiary/aromatic N) is 2. The second-order valence-electron chi connectivity index (χ2n) is 6.22. The maximum Gasteiger partial charge on any atom is 0.267 e. The predicted molar refractivity (Wildman–Crippen MR) is 95.5 cm³/mol. The van der Waals surface area contributed by atoms with Gasteiger partial charge in [0.1, 0.15) is 12.3 Å². The lowest BCUT2D eigenvalue weighted by molar-refractivity contribution is -0.122. The van der Waals surface area contributed by atoms with E-state index in [0.29, 0.717) is 12.3 Å². The molecule has 1 aromatic carbocycles. The van der Waals surface area contributed by atoms with Gasteiger partial charge in [0, 0.05) is 17.7 Å². The summed E-state index contributed by atoms with van der Waals surface area (Å²) in [5, 5.41) is 7.32. The van der Waals surface area contributed by atoms with E-state index >= 15 is 0 Å². The molecule has 0 bridgehead atoms. The first-order chi connectivity index (χ1) is 12.2. The number of aromatic nitrogens is 2. The van der Waals surface area contributed by atoms with Crippen molar-refractivity contribution in [1.82, 2.24) is 15.1 Å². The van der Waals surface area contributed by atoms with Crippen LogP contribution in [0.25, 0.3) is 11.3 Å². The van der Waals surface area contributed by atoms with Crippen molar-refractivity contribution >= 4 is 5.91 Å². The maximum absolute atomic E-state index is 12.2. The van der Waals surface area contributed by atoms with Crippen molar-refractivity contribution in [3.63, 3.8) is 0 Å². The number of nitrogens with one attached hydrogen (secondary N) is 1. The summed E-state index contributed by atoms with van der Waals surface area (Å²) in [4.78, 5) is 24.2. The summed E-state index contributed by atoms with van der Waals surface area (Å²) in [5.74, 6) is 0.626. The van der Waals surface area contributed by atoms with Crippen LogP contribution in [-0.2, 0) is 11.3 Å². The minimum atomic E-state index is -0.281. The maximum atomic E-state index is 12.2. The number of benzene rings is 1. The van der Waals surface area contributed by atoms with E-state index < -0.39 is 0 Å². The Bertz CT molecular complexity index is 777. The van der Waals surface area contributed by atoms with E-state index in [1.165, 1.54) is 10.7 Å². The third kappa shape index (κ3) is 4.47. The summed E-state index contributed by atoms with van der Waals surface area (Å²) in [5.41, 5.74) is 1.24. The van der Waals surface area contributed by atoms with Crippen LogP contribution in [0.2, 0.25) is 0 Å². The lowest BCUT2D eigenvalue weighted by atomic mass is 10.1. The number of hydrogen-bond donors (Lipinski definition) is 1. The van der Waals surface area contributed by atoms with Gasteiger partial charge in [-0.15, -0.1) is 0 Å². The normalized spacial score (nSPS) is 14.4. The third-order valence-corrected chi connectivity index (χ3v) is 4.34. The third-order valence-electron chi connectivity index (χ3n) is 4.34. The molecule has 132 valence electrons. The monoisotopic (exact) mass is 341 g/mol. The van der Waals surface area contributed by atoms with E-state index in [1.54, 1.807) is 6.07 Å². The highest BCUT2D eigenvalue weighted by molar-refractivity contribution is 5.76. The van der Waals surface area contributed by atoms with Crippen molar-refractivity contribution in [2.24, 2.45) is 0 Å². The average molecular weight is 341 g/mol. The lowest BCUT2D eigenvalue weighted by Gasteiger charge is -2.12. The van der Waals surface area contributed by atoms with Gasteiger partial charge in [0.15, 0.2) is 0 Å². The van der Waals surface area contributed by atoms with E-state index in [1.807, 2.05) is 31.2 Å². The highest BCUT2D eigenvalue weighted by Gasteiger charge is 2.17. The molecule has 1 aliphatic carbocycles. The van der Waals surface area contributed by atoms with Crippen molar-refractivity contribution in [3.05, 3.63) is 46.8 Å². The molecule has 1 heterocycles. The van der Waals surface area contributed by atoms with Crippen molar-refractivity contribution in [2.45, 2.75) is 45.2 Å². The zero-order chi connectivity index (χ0) is 17.6. The molecule has 0 unspecified atom stereocenters. The Morgan fingerprint density at radius 3 is 2.60 bits per heavy atom. The van der Waals surface area contributed by atoms with E-state index in [4.69, 9.17) is 4.74 Å². The van der Waals surface area contributed by atoms with Crippen molar-refractivity contribution in [1.29, 1.82) is 0 Å². The fourth-order valence-electron chi connectivity index (χ4n) is 3.08. The Hall–Kier alpha value is -2.63. The SMILES string of the molecule is CCOc1ccc(-c2ccc(=O)n(CC(=O)NC3CCCC3)n2)cc1. The molecule has 0 radical (unpaired) electrons. The zero-order valence-electron chi connectivity index (χ0n) is 14.4. The van der Waals surface area contributed by atoms with Gasteiger partial charge in [-0.05, 0) is 50.1 Å². The van der Waals surface area contributed by atoms with Gasteiger partial charge in [0.25, 0.3) is 5.56 Å². The topological polar surface area (TPSA) is 73.2 Å². The Morgan fingerprint density at radius 2 is 1.92 bits per heavy atom. The molecular formula is C19H23N3O3. The molecule has 6 nitrogen and oxygen atoms in total. The summed E-state index contributed by atoms with van der Waals surface area (Å²) in [6.45, 7) is 2.49. The molecule has 1 N–H and O–H groups in total. The molecule has 25 heavy (non-hydrogen) atoms. The number of carbonyl (C=O) groups excluding carboxylic acids is 1. The molecule has 1 saturated carbocycles. The molecule has 0 saturated heterocycles.